The van der Waals surface area contributed by atoms with E-state index in [1.807, 2.05) is 24.3 Å². The van der Waals surface area contributed by atoms with Crippen LogP contribution in [0.3, 0.4) is 0 Å². The molecule has 7 heteroatoms. The molecule has 0 amide bonds. The van der Waals surface area contributed by atoms with Gasteiger partial charge in [-0.1, -0.05) is 42.1 Å². The first-order chi connectivity index (χ1) is 12.6. The number of rotatable bonds is 5. The predicted octanol–water partition coefficient (Wildman–Crippen LogP) is 4.08. The van der Waals surface area contributed by atoms with E-state index >= 15 is 0 Å². The first-order valence-electron chi connectivity index (χ1n) is 8.01. The molecule has 0 aliphatic carbocycles. The van der Waals surface area contributed by atoms with E-state index in [-0.39, 0.29) is 17.4 Å². The summed E-state index contributed by atoms with van der Waals surface area (Å²) in [7, 11) is 1.76. The Bertz CT molecular complexity index is 1100. The number of Topliss-reactive ketones (excluding diaryl/α,β-unsaturated/α-hetero) is 1. The van der Waals surface area contributed by atoms with E-state index in [1.54, 1.807) is 36.0 Å². The van der Waals surface area contributed by atoms with Crippen LogP contribution in [-0.4, -0.2) is 31.3 Å². The van der Waals surface area contributed by atoms with E-state index in [4.69, 9.17) is 0 Å². The van der Waals surface area contributed by atoms with Gasteiger partial charge in [-0.15, -0.1) is 10.2 Å². The van der Waals surface area contributed by atoms with Crippen LogP contribution in [0.5, 0.6) is 0 Å². The average Bonchev–Trinajstić information content (AvgIpc) is 3.24. The number of benzene rings is 2. The number of aromatic amines is 1. The SMILES string of the molecule is Cn1c(SCC(=O)c2c[nH]c3ccccc23)nnc1-c1ccccc1F. The van der Waals surface area contributed by atoms with Crippen molar-refractivity contribution in [3.05, 3.63) is 66.1 Å². The van der Waals surface area contributed by atoms with Crippen molar-refractivity contribution < 1.29 is 9.18 Å². The molecular weight excluding hydrogens is 351 g/mol. The summed E-state index contributed by atoms with van der Waals surface area (Å²) in [6, 6.07) is 14.1. The molecule has 2 aromatic heterocycles. The Balaban J connectivity index is 1.54. The van der Waals surface area contributed by atoms with Gasteiger partial charge in [-0.25, -0.2) is 4.39 Å². The van der Waals surface area contributed by atoms with Crippen LogP contribution < -0.4 is 0 Å². The molecule has 5 nitrogen and oxygen atoms in total. The van der Waals surface area contributed by atoms with Gasteiger partial charge in [0.25, 0.3) is 0 Å². The van der Waals surface area contributed by atoms with Crippen molar-refractivity contribution in [2.75, 3.05) is 5.75 Å². The van der Waals surface area contributed by atoms with Crippen LogP contribution in [0.2, 0.25) is 0 Å². The van der Waals surface area contributed by atoms with Gasteiger partial charge >= 0.3 is 0 Å². The summed E-state index contributed by atoms with van der Waals surface area (Å²) < 4.78 is 15.7. The summed E-state index contributed by atoms with van der Waals surface area (Å²) in [5.41, 5.74) is 1.98. The third-order valence-corrected chi connectivity index (χ3v) is 5.19. The maximum absolute atomic E-state index is 14.0. The van der Waals surface area contributed by atoms with Gasteiger partial charge in [-0.3, -0.25) is 4.79 Å². The maximum Gasteiger partial charge on any atom is 0.191 e. The van der Waals surface area contributed by atoms with E-state index in [9.17, 15) is 9.18 Å². The van der Waals surface area contributed by atoms with Crippen molar-refractivity contribution in [2.24, 2.45) is 7.05 Å². The van der Waals surface area contributed by atoms with Gasteiger partial charge in [-0.2, -0.15) is 0 Å². The Morgan fingerprint density at radius 3 is 2.77 bits per heavy atom. The molecule has 2 heterocycles. The predicted molar refractivity (Wildman–Crippen MR) is 99.8 cm³/mol. The Labute approximate surface area is 153 Å². The lowest BCUT2D eigenvalue weighted by Crippen LogP contribution is -2.03. The van der Waals surface area contributed by atoms with E-state index < -0.39 is 0 Å². The summed E-state index contributed by atoms with van der Waals surface area (Å²) in [5.74, 6) is 0.313. The minimum atomic E-state index is -0.352. The fourth-order valence-electron chi connectivity index (χ4n) is 2.83. The topological polar surface area (TPSA) is 63.6 Å². The summed E-state index contributed by atoms with van der Waals surface area (Å²) in [6.07, 6.45) is 1.73. The second kappa shape index (κ2) is 6.76. The van der Waals surface area contributed by atoms with Gasteiger partial charge in [0.15, 0.2) is 16.8 Å². The largest absolute Gasteiger partial charge is 0.360 e. The van der Waals surface area contributed by atoms with Crippen molar-refractivity contribution in [3.8, 4) is 11.4 Å². The Kier molecular flexibility index (Phi) is 4.30. The van der Waals surface area contributed by atoms with Crippen LogP contribution in [0.4, 0.5) is 4.39 Å². The lowest BCUT2D eigenvalue weighted by Gasteiger charge is -2.04. The number of carbonyl (C=O) groups excluding carboxylic acids is 1. The third-order valence-electron chi connectivity index (χ3n) is 4.17. The highest BCUT2D eigenvalue weighted by molar-refractivity contribution is 7.99. The zero-order valence-corrected chi connectivity index (χ0v) is 14.8. The molecule has 0 aliphatic rings. The Morgan fingerprint density at radius 1 is 1.15 bits per heavy atom. The molecule has 0 saturated heterocycles. The summed E-state index contributed by atoms with van der Waals surface area (Å²) in [4.78, 5) is 15.7. The number of halogens is 1. The van der Waals surface area contributed by atoms with Crippen molar-refractivity contribution in [1.82, 2.24) is 19.7 Å². The molecule has 0 unspecified atom stereocenters. The highest BCUT2D eigenvalue weighted by Crippen LogP contribution is 2.26. The zero-order valence-electron chi connectivity index (χ0n) is 13.9. The average molecular weight is 366 g/mol. The number of para-hydroxylation sites is 1. The molecule has 0 radical (unpaired) electrons. The number of thioether (sulfide) groups is 1. The standard InChI is InChI=1S/C19H15FN4OS/c1-24-18(13-7-2-4-8-15(13)20)22-23-19(24)26-11-17(25)14-10-21-16-9-5-3-6-12(14)16/h2-10,21H,11H2,1H3. The first kappa shape index (κ1) is 16.5. The highest BCUT2D eigenvalue weighted by Gasteiger charge is 2.17. The quantitative estimate of drug-likeness (QED) is 0.427. The second-order valence-electron chi connectivity index (χ2n) is 5.80. The molecule has 0 aliphatic heterocycles. The van der Waals surface area contributed by atoms with E-state index in [0.717, 1.165) is 10.9 Å². The molecule has 2 aromatic carbocycles. The van der Waals surface area contributed by atoms with Crippen molar-refractivity contribution >= 4 is 28.4 Å². The van der Waals surface area contributed by atoms with Crippen LogP contribution in [-0.2, 0) is 7.05 Å². The smallest absolute Gasteiger partial charge is 0.191 e. The number of aromatic nitrogens is 4. The normalized spacial score (nSPS) is 11.2. The number of hydrogen-bond donors (Lipinski definition) is 1. The number of carbonyl (C=O) groups is 1. The number of nitrogens with one attached hydrogen (secondary N) is 1. The van der Waals surface area contributed by atoms with E-state index in [2.05, 4.69) is 15.2 Å². The molecule has 0 bridgehead atoms. The number of ketones is 1. The Morgan fingerprint density at radius 2 is 1.92 bits per heavy atom. The molecule has 0 atom stereocenters. The second-order valence-corrected chi connectivity index (χ2v) is 6.75. The highest BCUT2D eigenvalue weighted by atomic mass is 32.2. The fraction of sp³-hybridized carbons (Fsp3) is 0.105. The van der Waals surface area contributed by atoms with Crippen LogP contribution >= 0.6 is 11.8 Å². The molecule has 0 fully saturated rings. The molecule has 130 valence electrons. The van der Waals surface area contributed by atoms with Gasteiger partial charge in [0.2, 0.25) is 0 Å². The van der Waals surface area contributed by atoms with Gasteiger partial charge in [-0.05, 0) is 18.2 Å². The minimum absolute atomic E-state index is 0.00268. The summed E-state index contributed by atoms with van der Waals surface area (Å²) in [5, 5.41) is 9.64. The molecule has 4 aromatic rings. The summed E-state index contributed by atoms with van der Waals surface area (Å²) in [6.45, 7) is 0. The van der Waals surface area contributed by atoms with Gasteiger partial charge in [0, 0.05) is 29.7 Å². The first-order valence-corrected chi connectivity index (χ1v) is 9.00. The lowest BCUT2D eigenvalue weighted by molar-refractivity contribution is 0.102. The van der Waals surface area contributed by atoms with Crippen molar-refractivity contribution in [2.45, 2.75) is 5.16 Å². The van der Waals surface area contributed by atoms with Crippen LogP contribution in [0.25, 0.3) is 22.3 Å². The van der Waals surface area contributed by atoms with Crippen LogP contribution in [0, 0.1) is 5.82 Å². The maximum atomic E-state index is 14.0. The van der Waals surface area contributed by atoms with E-state index in [0.29, 0.717) is 22.1 Å². The van der Waals surface area contributed by atoms with E-state index in [1.165, 1.54) is 17.8 Å². The lowest BCUT2D eigenvalue weighted by atomic mass is 10.1. The van der Waals surface area contributed by atoms with Crippen LogP contribution in [0.15, 0.2) is 59.9 Å². The summed E-state index contributed by atoms with van der Waals surface area (Å²) >= 11 is 1.29. The zero-order chi connectivity index (χ0) is 18.1. The fourth-order valence-corrected chi connectivity index (χ4v) is 3.62. The molecular formula is C19H15FN4OS. The van der Waals surface area contributed by atoms with Crippen molar-refractivity contribution in [3.63, 3.8) is 0 Å². The number of fused-ring (bicyclic) bond motifs is 1. The number of nitrogens with zero attached hydrogens (tertiary/aromatic N) is 3. The molecule has 1 N–H and O–H groups in total. The van der Waals surface area contributed by atoms with Gasteiger partial charge in [0.05, 0.1) is 11.3 Å². The molecule has 0 spiro atoms. The van der Waals surface area contributed by atoms with Crippen molar-refractivity contribution in [1.29, 1.82) is 0 Å². The minimum Gasteiger partial charge on any atom is -0.360 e. The molecule has 26 heavy (non-hydrogen) atoms. The number of hydrogen-bond acceptors (Lipinski definition) is 4. The van der Waals surface area contributed by atoms with Gasteiger partial charge in [0.1, 0.15) is 5.82 Å². The van der Waals surface area contributed by atoms with Crippen LogP contribution in [0.1, 0.15) is 10.4 Å². The number of H-pyrrole nitrogens is 1. The molecule has 4 rings (SSSR count). The molecule has 0 saturated carbocycles. The Hall–Kier alpha value is -2.93. The van der Waals surface area contributed by atoms with Gasteiger partial charge < -0.3 is 9.55 Å². The third kappa shape index (κ3) is 2.90. The monoisotopic (exact) mass is 366 g/mol.